The zero-order chi connectivity index (χ0) is 11.4. The summed E-state index contributed by atoms with van der Waals surface area (Å²) in [5, 5.41) is 0. The van der Waals surface area contributed by atoms with Gasteiger partial charge in [-0.2, -0.15) is 0 Å². The molecule has 0 aliphatic carbocycles. The average molecular weight is 212 g/mol. The van der Waals surface area contributed by atoms with Crippen molar-refractivity contribution in [1.29, 1.82) is 0 Å². The van der Waals surface area contributed by atoms with Crippen LogP contribution >= 0.6 is 0 Å². The smallest absolute Gasteiger partial charge is 0.222 e. The van der Waals surface area contributed by atoms with Crippen LogP contribution in [-0.2, 0) is 4.79 Å². The van der Waals surface area contributed by atoms with E-state index in [1.807, 2.05) is 11.9 Å². The molecule has 0 N–H and O–H groups in total. The SMILES string of the molecule is CC(C)CN(C)CC[C@H]1CC(=O)N(C)C1. The van der Waals surface area contributed by atoms with Gasteiger partial charge in [0.1, 0.15) is 0 Å². The summed E-state index contributed by atoms with van der Waals surface area (Å²) in [5.41, 5.74) is 0. The van der Waals surface area contributed by atoms with E-state index < -0.39 is 0 Å². The molecule has 1 heterocycles. The van der Waals surface area contributed by atoms with E-state index in [0.717, 1.165) is 38.4 Å². The molecule has 1 aliphatic rings. The van der Waals surface area contributed by atoms with Crippen LogP contribution in [0.5, 0.6) is 0 Å². The molecule has 88 valence electrons. The number of rotatable bonds is 5. The summed E-state index contributed by atoms with van der Waals surface area (Å²) in [5.74, 6) is 1.62. The first-order chi connectivity index (χ1) is 6.99. The van der Waals surface area contributed by atoms with Crippen LogP contribution in [0.4, 0.5) is 0 Å². The number of hydrogen-bond acceptors (Lipinski definition) is 2. The van der Waals surface area contributed by atoms with Gasteiger partial charge in [-0.3, -0.25) is 4.79 Å². The molecule has 0 radical (unpaired) electrons. The molecular weight excluding hydrogens is 188 g/mol. The highest BCUT2D eigenvalue weighted by atomic mass is 16.2. The molecule has 0 unspecified atom stereocenters. The minimum absolute atomic E-state index is 0.312. The monoisotopic (exact) mass is 212 g/mol. The largest absolute Gasteiger partial charge is 0.345 e. The van der Waals surface area contributed by atoms with Gasteiger partial charge in [0, 0.05) is 26.6 Å². The van der Waals surface area contributed by atoms with Crippen LogP contribution in [0.15, 0.2) is 0 Å². The Kier molecular flexibility index (Phi) is 4.58. The second-order valence-electron chi connectivity index (χ2n) is 5.29. The molecule has 3 nitrogen and oxygen atoms in total. The Hall–Kier alpha value is -0.570. The summed E-state index contributed by atoms with van der Waals surface area (Å²) >= 11 is 0. The topological polar surface area (TPSA) is 23.6 Å². The molecule has 0 bridgehead atoms. The number of likely N-dealkylation sites (tertiary alicyclic amines) is 1. The summed E-state index contributed by atoms with van der Waals surface area (Å²) in [6, 6.07) is 0. The van der Waals surface area contributed by atoms with Crippen LogP contribution in [-0.4, -0.2) is 49.4 Å². The third kappa shape index (κ3) is 4.20. The van der Waals surface area contributed by atoms with Crippen LogP contribution in [0.1, 0.15) is 26.7 Å². The molecule has 0 aromatic heterocycles. The van der Waals surface area contributed by atoms with Crippen molar-refractivity contribution in [3.05, 3.63) is 0 Å². The van der Waals surface area contributed by atoms with E-state index in [0.29, 0.717) is 11.8 Å². The first-order valence-electron chi connectivity index (χ1n) is 5.91. The zero-order valence-corrected chi connectivity index (χ0v) is 10.5. The summed E-state index contributed by atoms with van der Waals surface area (Å²) in [7, 11) is 4.07. The predicted octanol–water partition coefficient (Wildman–Crippen LogP) is 1.44. The lowest BCUT2D eigenvalue weighted by molar-refractivity contribution is -0.126. The van der Waals surface area contributed by atoms with Gasteiger partial charge in [0.05, 0.1) is 0 Å². The average Bonchev–Trinajstić information content (AvgIpc) is 2.42. The fourth-order valence-electron chi connectivity index (χ4n) is 2.27. The first-order valence-corrected chi connectivity index (χ1v) is 5.91. The van der Waals surface area contributed by atoms with Crippen molar-refractivity contribution in [1.82, 2.24) is 9.80 Å². The molecule has 1 aliphatic heterocycles. The number of hydrogen-bond donors (Lipinski definition) is 0. The summed E-state index contributed by atoms with van der Waals surface area (Å²) < 4.78 is 0. The standard InChI is InChI=1S/C12H24N2O/c1-10(2)8-13(3)6-5-11-7-12(15)14(4)9-11/h10-11H,5-9H2,1-4H3/t11-/m0/s1. The lowest BCUT2D eigenvalue weighted by Gasteiger charge is -2.20. The molecule has 0 aromatic carbocycles. The number of carbonyl (C=O) groups is 1. The van der Waals surface area contributed by atoms with Gasteiger partial charge in [-0.25, -0.2) is 0 Å². The number of carbonyl (C=O) groups excluding carboxylic acids is 1. The van der Waals surface area contributed by atoms with Gasteiger partial charge >= 0.3 is 0 Å². The molecule has 1 atom stereocenters. The zero-order valence-electron chi connectivity index (χ0n) is 10.5. The third-order valence-electron chi connectivity index (χ3n) is 3.02. The molecule has 15 heavy (non-hydrogen) atoms. The van der Waals surface area contributed by atoms with Crippen molar-refractivity contribution in [3.8, 4) is 0 Å². The lowest BCUT2D eigenvalue weighted by atomic mass is 10.0. The predicted molar refractivity (Wildman–Crippen MR) is 62.7 cm³/mol. The minimum atomic E-state index is 0.312. The molecule has 1 saturated heterocycles. The van der Waals surface area contributed by atoms with Crippen molar-refractivity contribution in [2.24, 2.45) is 11.8 Å². The normalized spacial score (nSPS) is 22.1. The van der Waals surface area contributed by atoms with Crippen molar-refractivity contribution in [3.63, 3.8) is 0 Å². The van der Waals surface area contributed by atoms with E-state index >= 15 is 0 Å². The van der Waals surface area contributed by atoms with Crippen molar-refractivity contribution in [2.75, 3.05) is 33.7 Å². The Morgan fingerprint density at radius 3 is 2.67 bits per heavy atom. The number of nitrogens with zero attached hydrogens (tertiary/aromatic N) is 2. The highest BCUT2D eigenvalue weighted by Crippen LogP contribution is 2.19. The van der Waals surface area contributed by atoms with Crippen molar-refractivity contribution >= 4 is 5.91 Å². The van der Waals surface area contributed by atoms with Gasteiger partial charge in [-0.05, 0) is 31.8 Å². The lowest BCUT2D eigenvalue weighted by Crippen LogP contribution is -2.26. The Bertz CT molecular complexity index is 216. The van der Waals surface area contributed by atoms with Crippen LogP contribution in [0.2, 0.25) is 0 Å². The van der Waals surface area contributed by atoms with Gasteiger partial charge < -0.3 is 9.80 Å². The maximum absolute atomic E-state index is 11.3. The molecule has 1 rings (SSSR count). The third-order valence-corrected chi connectivity index (χ3v) is 3.02. The van der Waals surface area contributed by atoms with Crippen LogP contribution in [0.25, 0.3) is 0 Å². The van der Waals surface area contributed by atoms with Gasteiger partial charge in [0.2, 0.25) is 5.91 Å². The highest BCUT2D eigenvalue weighted by molar-refractivity contribution is 5.78. The van der Waals surface area contributed by atoms with Crippen LogP contribution in [0.3, 0.4) is 0 Å². The maximum Gasteiger partial charge on any atom is 0.222 e. The molecule has 3 heteroatoms. The molecular formula is C12H24N2O. The Balaban J connectivity index is 2.18. The van der Waals surface area contributed by atoms with Crippen LogP contribution in [0, 0.1) is 11.8 Å². The Labute approximate surface area is 93.4 Å². The van der Waals surface area contributed by atoms with Crippen LogP contribution < -0.4 is 0 Å². The molecule has 0 spiro atoms. The molecule has 0 aromatic rings. The van der Waals surface area contributed by atoms with E-state index in [1.54, 1.807) is 0 Å². The highest BCUT2D eigenvalue weighted by Gasteiger charge is 2.26. The second kappa shape index (κ2) is 5.50. The second-order valence-corrected chi connectivity index (χ2v) is 5.29. The van der Waals surface area contributed by atoms with E-state index in [-0.39, 0.29) is 0 Å². The minimum Gasteiger partial charge on any atom is -0.345 e. The van der Waals surface area contributed by atoms with E-state index in [1.165, 1.54) is 0 Å². The van der Waals surface area contributed by atoms with Crippen molar-refractivity contribution < 1.29 is 4.79 Å². The van der Waals surface area contributed by atoms with Gasteiger partial charge in [0.25, 0.3) is 0 Å². The van der Waals surface area contributed by atoms with Crippen molar-refractivity contribution in [2.45, 2.75) is 26.7 Å². The van der Waals surface area contributed by atoms with Gasteiger partial charge in [-0.15, -0.1) is 0 Å². The maximum atomic E-state index is 11.3. The van der Waals surface area contributed by atoms with Gasteiger partial charge in [0.15, 0.2) is 0 Å². The molecule has 1 amide bonds. The molecule has 0 saturated carbocycles. The van der Waals surface area contributed by atoms with E-state index in [2.05, 4.69) is 25.8 Å². The van der Waals surface area contributed by atoms with Gasteiger partial charge in [-0.1, -0.05) is 13.8 Å². The first kappa shape index (κ1) is 12.5. The van der Waals surface area contributed by atoms with E-state index in [4.69, 9.17) is 0 Å². The molecule has 1 fully saturated rings. The number of amides is 1. The Morgan fingerprint density at radius 1 is 1.53 bits per heavy atom. The Morgan fingerprint density at radius 2 is 2.20 bits per heavy atom. The summed E-state index contributed by atoms with van der Waals surface area (Å²) in [6.45, 7) is 7.70. The fourth-order valence-corrected chi connectivity index (χ4v) is 2.27. The summed E-state index contributed by atoms with van der Waals surface area (Å²) in [6.07, 6.45) is 1.91. The fraction of sp³-hybridized carbons (Fsp3) is 0.917. The quantitative estimate of drug-likeness (QED) is 0.688. The van der Waals surface area contributed by atoms with E-state index in [9.17, 15) is 4.79 Å². The summed E-state index contributed by atoms with van der Waals surface area (Å²) in [4.78, 5) is 15.5.